The number of rotatable bonds is 7. The molecule has 0 radical (unpaired) electrons. The third-order valence-electron chi connectivity index (χ3n) is 2.20. The molecule has 0 aliphatic rings. The molecule has 0 fully saturated rings. The van der Waals surface area contributed by atoms with E-state index in [0.717, 1.165) is 0 Å². The summed E-state index contributed by atoms with van der Waals surface area (Å²) in [5.41, 5.74) is 0.326. The summed E-state index contributed by atoms with van der Waals surface area (Å²) in [7, 11) is 0. The molecule has 0 spiro atoms. The maximum atomic E-state index is 10.8. The lowest BCUT2D eigenvalue weighted by Crippen LogP contribution is -2.04. The zero-order valence-electron chi connectivity index (χ0n) is 9.54. The number of nitro groups is 1. The van der Waals surface area contributed by atoms with Crippen molar-refractivity contribution in [2.75, 3.05) is 13.2 Å². The van der Waals surface area contributed by atoms with Crippen LogP contribution in [0.2, 0.25) is 0 Å². The number of nitrogens with zero attached hydrogens (tertiary/aromatic N) is 1. The van der Waals surface area contributed by atoms with Crippen LogP contribution in [-0.2, 0) is 11.2 Å². The fraction of sp³-hybridized carbons (Fsp3) is 0.364. The van der Waals surface area contributed by atoms with Gasteiger partial charge in [-0.15, -0.1) is 0 Å². The van der Waals surface area contributed by atoms with Crippen molar-refractivity contribution in [2.24, 2.45) is 0 Å². The van der Waals surface area contributed by atoms with Crippen LogP contribution in [0, 0.1) is 10.1 Å². The maximum absolute atomic E-state index is 10.8. The van der Waals surface area contributed by atoms with Gasteiger partial charge < -0.3 is 14.9 Å². The predicted molar refractivity (Wildman–Crippen MR) is 61.6 cm³/mol. The van der Waals surface area contributed by atoms with Gasteiger partial charge in [-0.05, 0) is 18.1 Å². The van der Waals surface area contributed by atoms with Gasteiger partial charge >= 0.3 is 11.7 Å². The first-order valence-corrected chi connectivity index (χ1v) is 5.27. The van der Waals surface area contributed by atoms with E-state index >= 15 is 0 Å². The average molecular weight is 255 g/mol. The van der Waals surface area contributed by atoms with Gasteiger partial charge in [0.2, 0.25) is 0 Å². The Hall–Kier alpha value is -2.15. The van der Waals surface area contributed by atoms with Crippen LogP contribution >= 0.6 is 0 Å². The zero-order chi connectivity index (χ0) is 13.5. The number of carboxylic acids is 1. The van der Waals surface area contributed by atoms with Crippen molar-refractivity contribution in [1.82, 2.24) is 0 Å². The van der Waals surface area contributed by atoms with E-state index in [4.69, 9.17) is 14.9 Å². The highest BCUT2D eigenvalue weighted by Crippen LogP contribution is 2.28. The van der Waals surface area contributed by atoms with Crippen LogP contribution in [0.5, 0.6) is 5.75 Å². The molecule has 0 aliphatic heterocycles. The number of carboxylic acid groups (broad SMARTS) is 1. The van der Waals surface area contributed by atoms with Crippen LogP contribution in [0.4, 0.5) is 5.69 Å². The predicted octanol–water partition coefficient (Wildman–Crippen LogP) is 0.983. The molecule has 0 aromatic heterocycles. The molecule has 0 amide bonds. The SMILES string of the molecule is O=C(O)CCc1ccc(OCCO)c([N+](=O)[O-])c1. The number of aliphatic hydroxyl groups is 1. The van der Waals surface area contributed by atoms with E-state index in [1.807, 2.05) is 0 Å². The summed E-state index contributed by atoms with van der Waals surface area (Å²) in [5, 5.41) is 28.0. The summed E-state index contributed by atoms with van der Waals surface area (Å²) in [5.74, 6) is -0.897. The molecule has 7 nitrogen and oxygen atoms in total. The molecule has 2 N–H and O–H groups in total. The van der Waals surface area contributed by atoms with Gasteiger partial charge in [-0.25, -0.2) is 0 Å². The lowest BCUT2D eigenvalue weighted by atomic mass is 10.1. The standard InChI is InChI=1S/C11H13NO6/c13-5-6-18-10-3-1-8(2-4-11(14)15)7-9(10)12(16)17/h1,3,7,13H,2,4-6H2,(H,14,15). The maximum Gasteiger partial charge on any atom is 0.311 e. The molecule has 18 heavy (non-hydrogen) atoms. The molecule has 0 atom stereocenters. The van der Waals surface area contributed by atoms with Gasteiger partial charge in [0.25, 0.3) is 0 Å². The number of aliphatic carboxylic acids is 1. The molecule has 0 saturated heterocycles. The monoisotopic (exact) mass is 255 g/mol. The molecule has 0 unspecified atom stereocenters. The first-order chi connectivity index (χ1) is 8.54. The Labute approximate surface area is 103 Å². The van der Waals surface area contributed by atoms with Crippen LogP contribution in [0.25, 0.3) is 0 Å². The van der Waals surface area contributed by atoms with Gasteiger partial charge in [-0.3, -0.25) is 14.9 Å². The van der Waals surface area contributed by atoms with Gasteiger partial charge in [-0.1, -0.05) is 6.07 Å². The van der Waals surface area contributed by atoms with Gasteiger partial charge in [0.05, 0.1) is 11.5 Å². The number of ether oxygens (including phenoxy) is 1. The number of carbonyl (C=O) groups is 1. The van der Waals surface area contributed by atoms with E-state index in [1.54, 1.807) is 6.07 Å². The average Bonchev–Trinajstić information content (AvgIpc) is 2.34. The third-order valence-corrected chi connectivity index (χ3v) is 2.20. The highest BCUT2D eigenvalue weighted by atomic mass is 16.6. The number of benzene rings is 1. The molecular formula is C11H13NO6. The molecule has 0 aliphatic carbocycles. The molecular weight excluding hydrogens is 242 g/mol. The van der Waals surface area contributed by atoms with E-state index in [2.05, 4.69) is 0 Å². The molecule has 7 heteroatoms. The minimum absolute atomic E-state index is 0.0324. The number of aryl methyl sites for hydroxylation is 1. The Morgan fingerprint density at radius 2 is 2.17 bits per heavy atom. The molecule has 0 saturated carbocycles. The summed E-state index contributed by atoms with van der Waals surface area (Å²) < 4.78 is 5.02. The fourth-order valence-electron chi connectivity index (χ4n) is 1.39. The second-order valence-electron chi connectivity index (χ2n) is 3.52. The van der Waals surface area contributed by atoms with Crippen LogP contribution in [0.15, 0.2) is 18.2 Å². The number of nitro benzene ring substituents is 1. The van der Waals surface area contributed by atoms with Crippen molar-refractivity contribution in [3.63, 3.8) is 0 Å². The molecule has 1 aromatic carbocycles. The van der Waals surface area contributed by atoms with E-state index in [0.29, 0.717) is 5.56 Å². The molecule has 1 rings (SSSR count). The molecule has 0 heterocycles. The summed E-state index contributed by atoms with van der Waals surface area (Å²) in [6, 6.07) is 4.27. The van der Waals surface area contributed by atoms with E-state index < -0.39 is 10.9 Å². The Morgan fingerprint density at radius 3 is 2.72 bits per heavy atom. The second kappa shape index (κ2) is 6.55. The van der Waals surface area contributed by atoms with Gasteiger partial charge in [0.15, 0.2) is 5.75 Å². The van der Waals surface area contributed by atoms with Crippen molar-refractivity contribution in [3.8, 4) is 5.75 Å². The molecule has 0 bridgehead atoms. The van der Waals surface area contributed by atoms with Crippen molar-refractivity contribution in [1.29, 1.82) is 0 Å². The van der Waals surface area contributed by atoms with Crippen LogP contribution in [0.1, 0.15) is 12.0 Å². The van der Waals surface area contributed by atoms with Crippen molar-refractivity contribution >= 4 is 11.7 Å². The topological polar surface area (TPSA) is 110 Å². The largest absolute Gasteiger partial charge is 0.484 e. The van der Waals surface area contributed by atoms with E-state index in [9.17, 15) is 14.9 Å². The second-order valence-corrected chi connectivity index (χ2v) is 3.52. The summed E-state index contributed by atoms with van der Waals surface area (Å²) in [4.78, 5) is 20.6. The fourth-order valence-corrected chi connectivity index (χ4v) is 1.39. The lowest BCUT2D eigenvalue weighted by Gasteiger charge is -2.06. The summed E-state index contributed by atoms with van der Waals surface area (Å²) in [6.45, 7) is -0.271. The van der Waals surface area contributed by atoms with Crippen molar-refractivity contribution < 1.29 is 24.7 Å². The highest BCUT2D eigenvalue weighted by molar-refractivity contribution is 5.67. The Balaban J connectivity index is 2.88. The highest BCUT2D eigenvalue weighted by Gasteiger charge is 2.16. The van der Waals surface area contributed by atoms with E-state index in [1.165, 1.54) is 12.1 Å². The molecule has 98 valence electrons. The van der Waals surface area contributed by atoms with Crippen molar-refractivity contribution in [2.45, 2.75) is 12.8 Å². The Kier molecular flexibility index (Phi) is 5.06. The lowest BCUT2D eigenvalue weighted by molar-refractivity contribution is -0.385. The Morgan fingerprint density at radius 1 is 1.44 bits per heavy atom. The Bertz CT molecular complexity index is 445. The van der Waals surface area contributed by atoms with Gasteiger partial charge in [0, 0.05) is 12.5 Å². The normalized spacial score (nSPS) is 10.1. The van der Waals surface area contributed by atoms with Crippen LogP contribution in [0.3, 0.4) is 0 Å². The number of aliphatic hydroxyl groups excluding tert-OH is 1. The van der Waals surface area contributed by atoms with Crippen LogP contribution < -0.4 is 4.74 Å². The van der Waals surface area contributed by atoms with Crippen LogP contribution in [-0.4, -0.2) is 34.3 Å². The molecule has 1 aromatic rings. The number of hydrogen-bond acceptors (Lipinski definition) is 5. The minimum atomic E-state index is -0.960. The smallest absolute Gasteiger partial charge is 0.311 e. The summed E-state index contributed by atoms with van der Waals surface area (Å²) >= 11 is 0. The quantitative estimate of drug-likeness (QED) is 0.555. The first-order valence-electron chi connectivity index (χ1n) is 5.27. The number of hydrogen-bond donors (Lipinski definition) is 2. The minimum Gasteiger partial charge on any atom is -0.484 e. The van der Waals surface area contributed by atoms with Gasteiger partial charge in [-0.2, -0.15) is 0 Å². The van der Waals surface area contributed by atoms with Gasteiger partial charge in [0.1, 0.15) is 6.61 Å². The van der Waals surface area contributed by atoms with Crippen molar-refractivity contribution in [3.05, 3.63) is 33.9 Å². The van der Waals surface area contributed by atoms with E-state index in [-0.39, 0.29) is 37.5 Å². The zero-order valence-corrected chi connectivity index (χ0v) is 9.54. The summed E-state index contributed by atoms with van der Waals surface area (Å²) in [6.07, 6.45) is 0.129. The third kappa shape index (κ3) is 4.02. The first kappa shape index (κ1) is 13.9.